The molecule has 0 amide bonds. The normalized spacial score (nSPS) is 24.8. The summed E-state index contributed by atoms with van der Waals surface area (Å²) in [5.74, 6) is 0.567. The first kappa shape index (κ1) is 13.1. The summed E-state index contributed by atoms with van der Waals surface area (Å²) in [5, 5.41) is 8.86. The van der Waals surface area contributed by atoms with Gasteiger partial charge in [-0.2, -0.15) is 5.26 Å². The highest BCUT2D eigenvalue weighted by molar-refractivity contribution is 5.37. The second-order valence-corrected chi connectivity index (χ2v) is 5.42. The van der Waals surface area contributed by atoms with Crippen LogP contribution >= 0.6 is 0 Å². The van der Waals surface area contributed by atoms with Crippen LogP contribution in [0.2, 0.25) is 0 Å². The maximum absolute atomic E-state index is 8.86. The second-order valence-electron chi connectivity index (χ2n) is 5.42. The maximum atomic E-state index is 8.86. The Labute approximate surface area is 109 Å². The summed E-state index contributed by atoms with van der Waals surface area (Å²) in [6.07, 6.45) is 1.08. The summed E-state index contributed by atoms with van der Waals surface area (Å²) in [5.41, 5.74) is 9.30. The Balaban J connectivity index is 2.04. The molecule has 96 valence electrons. The Morgan fingerprint density at radius 1 is 1.50 bits per heavy atom. The molecule has 1 aromatic carbocycles. The summed E-state index contributed by atoms with van der Waals surface area (Å²) in [4.78, 5) is 2.46. The number of hydrogen-bond acceptors (Lipinski definition) is 3. The number of aryl methyl sites for hydroxylation is 1. The van der Waals surface area contributed by atoms with Gasteiger partial charge in [-0.05, 0) is 49.1 Å². The van der Waals surface area contributed by atoms with Crippen LogP contribution in [-0.4, -0.2) is 24.0 Å². The SMILES string of the molecule is Cc1cc(C#N)ccc1CN1CCC(N)C(C)C1. The summed E-state index contributed by atoms with van der Waals surface area (Å²) < 4.78 is 0. The van der Waals surface area contributed by atoms with Crippen LogP contribution in [0.5, 0.6) is 0 Å². The number of nitrogens with zero attached hydrogens (tertiary/aromatic N) is 2. The molecule has 0 aromatic heterocycles. The maximum Gasteiger partial charge on any atom is 0.0991 e. The summed E-state index contributed by atoms with van der Waals surface area (Å²) >= 11 is 0. The lowest BCUT2D eigenvalue weighted by atomic mass is 9.94. The van der Waals surface area contributed by atoms with Gasteiger partial charge in [-0.3, -0.25) is 4.90 Å². The Morgan fingerprint density at radius 3 is 2.89 bits per heavy atom. The Kier molecular flexibility index (Phi) is 4.00. The first-order chi connectivity index (χ1) is 8.60. The van der Waals surface area contributed by atoms with E-state index in [1.165, 1.54) is 11.1 Å². The van der Waals surface area contributed by atoms with Crippen LogP contribution in [-0.2, 0) is 6.54 Å². The molecule has 2 rings (SSSR count). The summed E-state index contributed by atoms with van der Waals surface area (Å²) in [7, 11) is 0. The molecule has 0 radical (unpaired) electrons. The van der Waals surface area contributed by atoms with Gasteiger partial charge < -0.3 is 5.73 Å². The molecule has 1 aromatic rings. The van der Waals surface area contributed by atoms with Gasteiger partial charge in [0.05, 0.1) is 11.6 Å². The van der Waals surface area contributed by atoms with Crippen LogP contribution < -0.4 is 5.73 Å². The fourth-order valence-electron chi connectivity index (χ4n) is 2.58. The molecule has 2 unspecified atom stereocenters. The molecule has 2 N–H and O–H groups in total. The van der Waals surface area contributed by atoms with Gasteiger partial charge in [0, 0.05) is 19.1 Å². The third-order valence-electron chi connectivity index (χ3n) is 3.92. The summed E-state index contributed by atoms with van der Waals surface area (Å²) in [6, 6.07) is 8.48. The predicted molar refractivity (Wildman–Crippen MR) is 72.9 cm³/mol. The van der Waals surface area contributed by atoms with Crippen molar-refractivity contribution < 1.29 is 0 Å². The third kappa shape index (κ3) is 2.90. The van der Waals surface area contributed by atoms with E-state index in [0.717, 1.165) is 31.6 Å². The largest absolute Gasteiger partial charge is 0.327 e. The molecule has 18 heavy (non-hydrogen) atoms. The van der Waals surface area contributed by atoms with Crippen molar-refractivity contribution in [1.29, 1.82) is 5.26 Å². The number of benzene rings is 1. The van der Waals surface area contributed by atoms with Gasteiger partial charge >= 0.3 is 0 Å². The second kappa shape index (κ2) is 5.51. The van der Waals surface area contributed by atoms with Gasteiger partial charge in [-0.15, -0.1) is 0 Å². The van der Waals surface area contributed by atoms with E-state index in [-0.39, 0.29) is 0 Å². The van der Waals surface area contributed by atoms with Crippen LogP contribution in [0.3, 0.4) is 0 Å². The van der Waals surface area contributed by atoms with Gasteiger partial charge in [-0.25, -0.2) is 0 Å². The van der Waals surface area contributed by atoms with E-state index in [4.69, 9.17) is 11.0 Å². The molecule has 1 fully saturated rings. The van der Waals surface area contributed by atoms with Crippen molar-refractivity contribution in [2.24, 2.45) is 11.7 Å². The Hall–Kier alpha value is -1.37. The van der Waals surface area contributed by atoms with Crippen molar-refractivity contribution in [3.63, 3.8) is 0 Å². The lowest BCUT2D eigenvalue weighted by Crippen LogP contribution is -2.45. The quantitative estimate of drug-likeness (QED) is 0.864. The van der Waals surface area contributed by atoms with Crippen LogP contribution in [0.1, 0.15) is 30.0 Å². The average Bonchev–Trinajstić information content (AvgIpc) is 2.36. The highest BCUT2D eigenvalue weighted by atomic mass is 15.1. The number of likely N-dealkylation sites (tertiary alicyclic amines) is 1. The first-order valence-electron chi connectivity index (χ1n) is 6.57. The highest BCUT2D eigenvalue weighted by Gasteiger charge is 2.23. The van der Waals surface area contributed by atoms with Crippen LogP contribution in [0.15, 0.2) is 18.2 Å². The average molecular weight is 243 g/mol. The molecule has 0 spiro atoms. The number of piperidine rings is 1. The lowest BCUT2D eigenvalue weighted by molar-refractivity contribution is 0.157. The van der Waals surface area contributed by atoms with E-state index >= 15 is 0 Å². The van der Waals surface area contributed by atoms with Gasteiger partial charge in [-0.1, -0.05) is 13.0 Å². The molecule has 3 heteroatoms. The van der Waals surface area contributed by atoms with Crippen molar-refractivity contribution in [3.8, 4) is 6.07 Å². The van der Waals surface area contributed by atoms with E-state index < -0.39 is 0 Å². The predicted octanol–water partition coefficient (Wildman–Crippen LogP) is 2.04. The van der Waals surface area contributed by atoms with Crippen molar-refractivity contribution in [3.05, 3.63) is 34.9 Å². The summed E-state index contributed by atoms with van der Waals surface area (Å²) in [6.45, 7) is 7.41. The van der Waals surface area contributed by atoms with E-state index in [9.17, 15) is 0 Å². The molecule has 0 saturated carbocycles. The molecule has 1 aliphatic rings. The molecule has 1 aliphatic heterocycles. The minimum absolute atomic E-state index is 0.350. The van der Waals surface area contributed by atoms with E-state index in [1.54, 1.807) is 0 Å². The zero-order valence-corrected chi connectivity index (χ0v) is 11.2. The molecule has 3 nitrogen and oxygen atoms in total. The van der Waals surface area contributed by atoms with E-state index in [1.807, 2.05) is 12.1 Å². The molecule has 1 saturated heterocycles. The molecule has 2 atom stereocenters. The third-order valence-corrected chi connectivity index (χ3v) is 3.92. The first-order valence-corrected chi connectivity index (χ1v) is 6.57. The Morgan fingerprint density at radius 2 is 2.28 bits per heavy atom. The molecule has 0 aliphatic carbocycles. The smallest absolute Gasteiger partial charge is 0.0991 e. The lowest BCUT2D eigenvalue weighted by Gasteiger charge is -2.35. The van der Waals surface area contributed by atoms with Gasteiger partial charge in [0.15, 0.2) is 0 Å². The van der Waals surface area contributed by atoms with Crippen LogP contribution in [0.4, 0.5) is 0 Å². The molecule has 1 heterocycles. The fraction of sp³-hybridized carbons (Fsp3) is 0.533. The number of hydrogen-bond donors (Lipinski definition) is 1. The van der Waals surface area contributed by atoms with Crippen LogP contribution in [0, 0.1) is 24.2 Å². The molecular formula is C15H21N3. The minimum Gasteiger partial charge on any atom is -0.327 e. The molecule has 0 bridgehead atoms. The number of nitriles is 1. The monoisotopic (exact) mass is 243 g/mol. The zero-order chi connectivity index (χ0) is 13.1. The van der Waals surface area contributed by atoms with Gasteiger partial charge in [0.1, 0.15) is 0 Å². The van der Waals surface area contributed by atoms with E-state index in [2.05, 4.69) is 30.9 Å². The number of rotatable bonds is 2. The van der Waals surface area contributed by atoms with Gasteiger partial charge in [0.25, 0.3) is 0 Å². The van der Waals surface area contributed by atoms with Crippen molar-refractivity contribution in [2.45, 2.75) is 32.9 Å². The van der Waals surface area contributed by atoms with Crippen LogP contribution in [0.25, 0.3) is 0 Å². The Bertz CT molecular complexity index is 461. The molecular weight excluding hydrogens is 222 g/mol. The van der Waals surface area contributed by atoms with Gasteiger partial charge in [0.2, 0.25) is 0 Å². The zero-order valence-electron chi connectivity index (χ0n) is 11.2. The highest BCUT2D eigenvalue weighted by Crippen LogP contribution is 2.19. The minimum atomic E-state index is 0.350. The fourth-order valence-corrected chi connectivity index (χ4v) is 2.58. The van der Waals surface area contributed by atoms with Crippen molar-refractivity contribution >= 4 is 0 Å². The number of nitrogens with two attached hydrogens (primary N) is 1. The standard InChI is InChI=1S/C15H21N3/c1-11-7-13(8-16)3-4-14(11)10-18-6-5-15(17)12(2)9-18/h3-4,7,12,15H,5-6,9-10,17H2,1-2H3. The van der Waals surface area contributed by atoms with Crippen molar-refractivity contribution in [2.75, 3.05) is 13.1 Å². The van der Waals surface area contributed by atoms with E-state index in [0.29, 0.717) is 12.0 Å². The van der Waals surface area contributed by atoms with Crippen molar-refractivity contribution in [1.82, 2.24) is 4.90 Å². The topological polar surface area (TPSA) is 53.0 Å².